The number of halogens is 1. The minimum absolute atomic E-state index is 0.0710. The fourth-order valence-electron chi connectivity index (χ4n) is 1.82. The zero-order chi connectivity index (χ0) is 17.4. The first kappa shape index (κ1) is 16.9. The van der Waals surface area contributed by atoms with Gasteiger partial charge in [-0.1, -0.05) is 0 Å². The summed E-state index contributed by atoms with van der Waals surface area (Å²) in [5.74, 6) is -2.41. The van der Waals surface area contributed by atoms with E-state index in [0.29, 0.717) is 5.56 Å². The molecule has 7 nitrogen and oxygen atoms in total. The number of hydrogen-bond acceptors (Lipinski definition) is 5. The Kier molecular flexibility index (Phi) is 4.42. The summed E-state index contributed by atoms with van der Waals surface area (Å²) in [5, 5.41) is 8.48. The van der Waals surface area contributed by atoms with Gasteiger partial charge in [0.05, 0.1) is 5.25 Å². The summed E-state index contributed by atoms with van der Waals surface area (Å²) < 4.78 is 43.1. The molecule has 1 heterocycles. The number of anilines is 1. The predicted molar refractivity (Wildman–Crippen MR) is 81.3 cm³/mol. The maximum Gasteiger partial charge on any atom is 0.374 e. The average Bonchev–Trinajstić information content (AvgIpc) is 2.92. The van der Waals surface area contributed by atoms with Crippen LogP contribution in [0.3, 0.4) is 0 Å². The van der Waals surface area contributed by atoms with E-state index in [9.17, 15) is 22.7 Å². The summed E-state index contributed by atoms with van der Waals surface area (Å²) in [7, 11) is -2.50. The van der Waals surface area contributed by atoms with E-state index in [2.05, 4.69) is 4.98 Å². The number of oxazole rings is 1. The van der Waals surface area contributed by atoms with Crippen molar-refractivity contribution in [1.29, 1.82) is 0 Å². The number of nitrogens with zero attached hydrogens (tertiary/aromatic N) is 2. The summed E-state index contributed by atoms with van der Waals surface area (Å²) >= 11 is 0. The lowest BCUT2D eigenvalue weighted by molar-refractivity contribution is 0.0664. The molecule has 1 aromatic carbocycles. The van der Waals surface area contributed by atoms with Crippen molar-refractivity contribution in [3.63, 3.8) is 0 Å². The van der Waals surface area contributed by atoms with Crippen LogP contribution in [-0.4, -0.2) is 36.8 Å². The van der Waals surface area contributed by atoms with E-state index in [1.807, 2.05) is 0 Å². The van der Waals surface area contributed by atoms with E-state index < -0.39 is 32.8 Å². The molecule has 0 aliphatic carbocycles. The number of carboxylic acid groups (broad SMARTS) is 1. The fourth-order valence-corrected chi connectivity index (χ4v) is 2.75. The van der Waals surface area contributed by atoms with E-state index in [0.717, 1.165) is 16.4 Å². The van der Waals surface area contributed by atoms with E-state index >= 15 is 0 Å². The summed E-state index contributed by atoms with van der Waals surface area (Å²) in [6.07, 6.45) is 0. The molecular formula is C14H15FN2O5S. The van der Waals surface area contributed by atoms with Crippen LogP contribution in [0.4, 0.5) is 10.4 Å². The van der Waals surface area contributed by atoms with Crippen molar-refractivity contribution in [2.45, 2.75) is 19.1 Å². The number of carbonyl (C=O) groups is 1. The quantitative estimate of drug-likeness (QED) is 0.895. The molecule has 0 saturated carbocycles. The third-order valence-corrected chi connectivity index (χ3v) is 5.29. The van der Waals surface area contributed by atoms with E-state index in [1.165, 1.54) is 33.0 Å². The Labute approximate surface area is 132 Å². The SMILES string of the molecule is CC(C)S(=O)(=O)N(C)c1nc(-c2ccc(F)cc2)c(C(=O)O)o1. The number of aromatic nitrogens is 1. The molecule has 0 bridgehead atoms. The Balaban J connectivity index is 2.56. The van der Waals surface area contributed by atoms with Gasteiger partial charge in [0.1, 0.15) is 11.5 Å². The van der Waals surface area contributed by atoms with Crippen LogP contribution in [0.25, 0.3) is 11.3 Å². The van der Waals surface area contributed by atoms with Crippen LogP contribution < -0.4 is 4.31 Å². The molecule has 0 fully saturated rings. The fraction of sp³-hybridized carbons (Fsp3) is 0.286. The van der Waals surface area contributed by atoms with Gasteiger partial charge in [-0.25, -0.2) is 21.9 Å². The van der Waals surface area contributed by atoms with Crippen LogP contribution in [-0.2, 0) is 10.0 Å². The monoisotopic (exact) mass is 342 g/mol. The van der Waals surface area contributed by atoms with Gasteiger partial charge >= 0.3 is 12.0 Å². The number of sulfonamides is 1. The Morgan fingerprint density at radius 1 is 1.30 bits per heavy atom. The maximum absolute atomic E-state index is 13.0. The third-order valence-electron chi connectivity index (χ3n) is 3.17. The Morgan fingerprint density at radius 3 is 2.35 bits per heavy atom. The first-order chi connectivity index (χ1) is 10.6. The molecule has 0 radical (unpaired) electrons. The second-order valence-electron chi connectivity index (χ2n) is 5.05. The summed E-state index contributed by atoms with van der Waals surface area (Å²) in [5.41, 5.74) is 0.229. The summed E-state index contributed by atoms with van der Waals surface area (Å²) in [4.78, 5) is 15.3. The summed E-state index contributed by atoms with van der Waals surface area (Å²) in [6, 6.07) is 4.59. The molecular weight excluding hydrogens is 327 g/mol. The van der Waals surface area contributed by atoms with Crippen molar-refractivity contribution in [3.05, 3.63) is 35.8 Å². The summed E-state index contributed by atoms with van der Waals surface area (Å²) in [6.45, 7) is 2.96. The topological polar surface area (TPSA) is 101 Å². The van der Waals surface area contributed by atoms with Crippen molar-refractivity contribution in [1.82, 2.24) is 4.98 Å². The lowest BCUT2D eigenvalue weighted by Gasteiger charge is -2.17. The van der Waals surface area contributed by atoms with Crippen LogP contribution in [0.2, 0.25) is 0 Å². The number of aromatic carboxylic acids is 1. The molecule has 0 unspecified atom stereocenters. The Hall–Kier alpha value is -2.42. The van der Waals surface area contributed by atoms with Crippen LogP contribution >= 0.6 is 0 Å². The van der Waals surface area contributed by atoms with Gasteiger partial charge in [-0.05, 0) is 38.1 Å². The third kappa shape index (κ3) is 3.19. The van der Waals surface area contributed by atoms with Gasteiger partial charge in [-0.15, -0.1) is 0 Å². The predicted octanol–water partition coefficient (Wildman–Crippen LogP) is 2.35. The first-order valence-electron chi connectivity index (χ1n) is 6.62. The Morgan fingerprint density at radius 2 is 1.87 bits per heavy atom. The lowest BCUT2D eigenvalue weighted by atomic mass is 10.1. The molecule has 1 aromatic heterocycles. The standard InChI is InChI=1S/C14H15FN2O5S/c1-8(2)23(20,21)17(3)14-16-11(12(22-14)13(18)19)9-4-6-10(15)7-5-9/h4-8H,1-3H3,(H,18,19). The van der Waals surface area contributed by atoms with Crippen LogP contribution in [0.5, 0.6) is 0 Å². The van der Waals surface area contributed by atoms with Gasteiger partial charge < -0.3 is 9.52 Å². The molecule has 0 aliphatic heterocycles. The van der Waals surface area contributed by atoms with E-state index in [-0.39, 0.29) is 11.7 Å². The average molecular weight is 342 g/mol. The van der Waals surface area contributed by atoms with E-state index in [4.69, 9.17) is 4.42 Å². The molecule has 0 spiro atoms. The highest BCUT2D eigenvalue weighted by Gasteiger charge is 2.29. The second-order valence-corrected chi connectivity index (χ2v) is 7.57. The maximum atomic E-state index is 13.0. The van der Waals surface area contributed by atoms with Gasteiger partial charge in [-0.2, -0.15) is 4.98 Å². The van der Waals surface area contributed by atoms with Crippen LogP contribution in [0, 0.1) is 5.82 Å². The highest BCUT2D eigenvalue weighted by Crippen LogP contribution is 2.29. The van der Waals surface area contributed by atoms with Gasteiger partial charge in [-0.3, -0.25) is 0 Å². The van der Waals surface area contributed by atoms with E-state index in [1.54, 1.807) is 0 Å². The lowest BCUT2D eigenvalue weighted by Crippen LogP contribution is -2.33. The normalized spacial score (nSPS) is 11.7. The van der Waals surface area contributed by atoms with Gasteiger partial charge in [0, 0.05) is 12.6 Å². The van der Waals surface area contributed by atoms with Crippen molar-refractivity contribution in [2.75, 3.05) is 11.4 Å². The molecule has 9 heteroatoms. The van der Waals surface area contributed by atoms with Crippen molar-refractivity contribution >= 4 is 22.0 Å². The smallest absolute Gasteiger partial charge is 0.374 e. The van der Waals surface area contributed by atoms with Crippen LogP contribution in [0.1, 0.15) is 24.4 Å². The largest absolute Gasteiger partial charge is 0.475 e. The highest BCUT2D eigenvalue weighted by atomic mass is 32.2. The van der Waals surface area contributed by atoms with Gasteiger partial charge in [0.15, 0.2) is 0 Å². The minimum atomic E-state index is -3.72. The van der Waals surface area contributed by atoms with Crippen LogP contribution in [0.15, 0.2) is 28.7 Å². The number of carboxylic acids is 1. The minimum Gasteiger partial charge on any atom is -0.475 e. The molecule has 1 N–H and O–H groups in total. The molecule has 0 aliphatic rings. The Bertz CT molecular complexity index is 827. The molecule has 124 valence electrons. The zero-order valence-corrected chi connectivity index (χ0v) is 13.5. The molecule has 0 atom stereocenters. The van der Waals surface area contributed by atoms with Crippen molar-refractivity contribution < 1.29 is 27.1 Å². The molecule has 23 heavy (non-hydrogen) atoms. The first-order valence-corrected chi connectivity index (χ1v) is 8.12. The number of benzene rings is 1. The number of rotatable bonds is 5. The van der Waals surface area contributed by atoms with Gasteiger partial charge in [0.25, 0.3) is 0 Å². The molecule has 0 amide bonds. The van der Waals surface area contributed by atoms with Crippen molar-refractivity contribution in [2.24, 2.45) is 0 Å². The number of hydrogen-bond donors (Lipinski definition) is 1. The van der Waals surface area contributed by atoms with Crippen molar-refractivity contribution in [3.8, 4) is 11.3 Å². The molecule has 0 saturated heterocycles. The highest BCUT2D eigenvalue weighted by molar-refractivity contribution is 7.93. The second kappa shape index (κ2) is 5.99. The molecule has 2 aromatic rings. The zero-order valence-electron chi connectivity index (χ0n) is 12.6. The van der Waals surface area contributed by atoms with Gasteiger partial charge in [0.2, 0.25) is 15.8 Å². The molecule has 2 rings (SSSR count).